The molecule has 1 aliphatic heterocycles. The van der Waals surface area contributed by atoms with Crippen molar-refractivity contribution in [1.29, 1.82) is 0 Å². The molecule has 1 amide bonds. The van der Waals surface area contributed by atoms with Crippen molar-refractivity contribution in [3.63, 3.8) is 0 Å². The highest BCUT2D eigenvalue weighted by atomic mass is 35.5. The van der Waals surface area contributed by atoms with Crippen molar-refractivity contribution in [1.82, 2.24) is 10.2 Å². The lowest BCUT2D eigenvalue weighted by Crippen LogP contribution is -2.45. The molecule has 0 aliphatic carbocycles. The molecule has 1 rings (SSSR count). The van der Waals surface area contributed by atoms with Gasteiger partial charge in [0.1, 0.15) is 0 Å². The first-order valence-electron chi connectivity index (χ1n) is 6.26. The number of nitrogens with two attached hydrogens (primary N) is 1. The van der Waals surface area contributed by atoms with Gasteiger partial charge in [0.05, 0.1) is 6.04 Å². The lowest BCUT2D eigenvalue weighted by atomic mass is 10.1. The van der Waals surface area contributed by atoms with Gasteiger partial charge < -0.3 is 11.1 Å². The van der Waals surface area contributed by atoms with Crippen LogP contribution in [0.25, 0.3) is 0 Å². The second-order valence-electron chi connectivity index (χ2n) is 5.20. The van der Waals surface area contributed by atoms with Gasteiger partial charge in [-0.1, -0.05) is 13.8 Å². The summed E-state index contributed by atoms with van der Waals surface area (Å²) in [6.45, 7) is 9.64. The second-order valence-corrected chi connectivity index (χ2v) is 5.20. The molecule has 0 aromatic heterocycles. The third kappa shape index (κ3) is 5.23. The fraction of sp³-hybridized carbons (Fsp3) is 0.917. The molecule has 1 heterocycles. The van der Waals surface area contributed by atoms with Crippen LogP contribution in [0.15, 0.2) is 0 Å². The molecule has 5 heteroatoms. The van der Waals surface area contributed by atoms with Gasteiger partial charge in [0.15, 0.2) is 0 Å². The third-order valence-corrected chi connectivity index (χ3v) is 3.26. The molecular weight excluding hydrogens is 238 g/mol. The number of likely N-dealkylation sites (tertiary alicyclic amines) is 1. The van der Waals surface area contributed by atoms with E-state index in [2.05, 4.69) is 24.1 Å². The molecule has 1 saturated heterocycles. The second kappa shape index (κ2) is 7.90. The highest BCUT2D eigenvalue weighted by Gasteiger charge is 2.28. The molecule has 0 aromatic rings. The number of nitrogens with zero attached hydrogens (tertiary/aromatic N) is 1. The summed E-state index contributed by atoms with van der Waals surface area (Å²) in [7, 11) is 0. The van der Waals surface area contributed by atoms with Gasteiger partial charge in [-0.25, -0.2) is 0 Å². The topological polar surface area (TPSA) is 58.4 Å². The molecule has 2 atom stereocenters. The zero-order valence-electron chi connectivity index (χ0n) is 11.1. The molecule has 17 heavy (non-hydrogen) atoms. The van der Waals surface area contributed by atoms with E-state index in [0.29, 0.717) is 11.8 Å². The molecule has 0 bridgehead atoms. The van der Waals surface area contributed by atoms with Crippen molar-refractivity contribution in [2.24, 2.45) is 17.6 Å². The quantitative estimate of drug-likeness (QED) is 0.773. The molecule has 0 radical (unpaired) electrons. The Morgan fingerprint density at radius 1 is 1.47 bits per heavy atom. The minimum atomic E-state index is -0.0182. The lowest BCUT2D eigenvalue weighted by Gasteiger charge is -2.23. The van der Waals surface area contributed by atoms with E-state index in [1.807, 2.05) is 6.92 Å². The van der Waals surface area contributed by atoms with Crippen molar-refractivity contribution < 1.29 is 4.79 Å². The number of halogens is 1. The lowest BCUT2D eigenvalue weighted by molar-refractivity contribution is -0.125. The maximum atomic E-state index is 11.8. The van der Waals surface area contributed by atoms with E-state index < -0.39 is 0 Å². The van der Waals surface area contributed by atoms with Gasteiger partial charge in [0.25, 0.3) is 0 Å². The number of carbonyl (C=O) groups excluding carboxylic acids is 1. The van der Waals surface area contributed by atoms with E-state index in [9.17, 15) is 4.79 Å². The number of carbonyl (C=O) groups is 1. The highest BCUT2D eigenvalue weighted by molar-refractivity contribution is 5.85. The number of rotatable bonds is 5. The summed E-state index contributed by atoms with van der Waals surface area (Å²) in [5, 5.41) is 2.98. The van der Waals surface area contributed by atoms with Crippen LogP contribution in [0.3, 0.4) is 0 Å². The Kier molecular flexibility index (Phi) is 7.75. The Morgan fingerprint density at radius 3 is 2.59 bits per heavy atom. The Morgan fingerprint density at radius 2 is 2.12 bits per heavy atom. The Hall–Kier alpha value is -0.320. The van der Waals surface area contributed by atoms with Gasteiger partial charge in [-0.15, -0.1) is 12.4 Å². The first-order valence-corrected chi connectivity index (χ1v) is 6.26. The summed E-state index contributed by atoms with van der Waals surface area (Å²) in [4.78, 5) is 14.1. The first kappa shape index (κ1) is 16.7. The van der Waals surface area contributed by atoms with Gasteiger partial charge in [0, 0.05) is 13.1 Å². The molecule has 1 aliphatic rings. The third-order valence-electron chi connectivity index (χ3n) is 3.26. The van der Waals surface area contributed by atoms with Crippen LogP contribution < -0.4 is 11.1 Å². The number of amides is 1. The van der Waals surface area contributed by atoms with E-state index in [-0.39, 0.29) is 24.4 Å². The predicted octanol–water partition coefficient (Wildman–Crippen LogP) is 0.850. The molecule has 4 nitrogen and oxygen atoms in total. The molecule has 0 aromatic carbocycles. The molecule has 1 fully saturated rings. The number of nitrogens with one attached hydrogen (secondary N) is 1. The maximum Gasteiger partial charge on any atom is 0.237 e. The predicted molar refractivity (Wildman–Crippen MR) is 73.3 cm³/mol. The number of hydrogen-bond donors (Lipinski definition) is 2. The summed E-state index contributed by atoms with van der Waals surface area (Å²) in [6.07, 6.45) is 1.12. The van der Waals surface area contributed by atoms with Gasteiger partial charge in [-0.3, -0.25) is 9.69 Å². The van der Waals surface area contributed by atoms with Crippen LogP contribution in [0.2, 0.25) is 0 Å². The van der Waals surface area contributed by atoms with Gasteiger partial charge in [-0.2, -0.15) is 0 Å². The van der Waals surface area contributed by atoms with Crippen LogP contribution in [0.1, 0.15) is 27.2 Å². The highest BCUT2D eigenvalue weighted by Crippen LogP contribution is 2.17. The molecule has 0 spiro atoms. The van der Waals surface area contributed by atoms with Crippen LogP contribution in [0, 0.1) is 11.8 Å². The molecule has 2 unspecified atom stereocenters. The summed E-state index contributed by atoms with van der Waals surface area (Å²) >= 11 is 0. The Labute approximate surface area is 111 Å². The number of hydrogen-bond acceptors (Lipinski definition) is 3. The molecule has 0 saturated carbocycles. The summed E-state index contributed by atoms with van der Waals surface area (Å²) in [5.74, 6) is 1.22. The first-order chi connectivity index (χ1) is 7.54. The summed E-state index contributed by atoms with van der Waals surface area (Å²) in [6, 6.07) is -0.0182. The standard InChI is InChI=1S/C12H25N3O.ClH/c1-9(2)7-14-12(16)10(3)15-5-4-11(6-13)8-15;/h9-11H,4-8,13H2,1-3H3,(H,14,16);1H. The summed E-state index contributed by atoms with van der Waals surface area (Å²) < 4.78 is 0. The van der Waals surface area contributed by atoms with Crippen LogP contribution >= 0.6 is 12.4 Å². The SMILES string of the molecule is CC(C)CNC(=O)C(C)N1CCC(CN)C1.Cl. The van der Waals surface area contributed by atoms with Crippen molar-refractivity contribution in [2.75, 3.05) is 26.2 Å². The monoisotopic (exact) mass is 263 g/mol. The zero-order valence-corrected chi connectivity index (χ0v) is 11.9. The smallest absolute Gasteiger partial charge is 0.237 e. The van der Waals surface area contributed by atoms with Crippen molar-refractivity contribution in [3.05, 3.63) is 0 Å². The summed E-state index contributed by atoms with van der Waals surface area (Å²) in [5.41, 5.74) is 5.64. The van der Waals surface area contributed by atoms with Gasteiger partial charge in [-0.05, 0) is 38.3 Å². The van der Waals surface area contributed by atoms with Crippen LogP contribution in [0.5, 0.6) is 0 Å². The van der Waals surface area contributed by atoms with Crippen LogP contribution in [-0.2, 0) is 4.79 Å². The molecular formula is C12H26ClN3O. The maximum absolute atomic E-state index is 11.8. The normalized spacial score (nSPS) is 22.3. The van der Waals surface area contributed by atoms with E-state index >= 15 is 0 Å². The average Bonchev–Trinajstić information content (AvgIpc) is 2.73. The van der Waals surface area contributed by atoms with E-state index in [4.69, 9.17) is 5.73 Å². The average molecular weight is 264 g/mol. The fourth-order valence-electron chi connectivity index (χ4n) is 2.03. The van der Waals surface area contributed by atoms with Crippen molar-refractivity contribution in [3.8, 4) is 0 Å². The van der Waals surface area contributed by atoms with Crippen molar-refractivity contribution in [2.45, 2.75) is 33.2 Å². The van der Waals surface area contributed by atoms with Crippen molar-refractivity contribution >= 4 is 18.3 Å². The minimum Gasteiger partial charge on any atom is -0.354 e. The van der Waals surface area contributed by atoms with Gasteiger partial charge in [0.2, 0.25) is 5.91 Å². The van der Waals surface area contributed by atoms with E-state index in [1.54, 1.807) is 0 Å². The van der Waals surface area contributed by atoms with Crippen LogP contribution in [-0.4, -0.2) is 43.0 Å². The Bertz CT molecular complexity index is 236. The molecule has 3 N–H and O–H groups in total. The Balaban J connectivity index is 0.00000256. The minimum absolute atomic E-state index is 0. The van der Waals surface area contributed by atoms with Crippen LogP contribution in [0.4, 0.5) is 0 Å². The zero-order chi connectivity index (χ0) is 12.1. The fourth-order valence-corrected chi connectivity index (χ4v) is 2.03. The van der Waals surface area contributed by atoms with E-state index in [0.717, 1.165) is 32.6 Å². The molecule has 102 valence electrons. The largest absolute Gasteiger partial charge is 0.354 e. The van der Waals surface area contributed by atoms with E-state index in [1.165, 1.54) is 0 Å². The van der Waals surface area contributed by atoms with Gasteiger partial charge >= 0.3 is 0 Å².